The van der Waals surface area contributed by atoms with Crippen LogP contribution in [-0.4, -0.2) is 0 Å². The van der Waals surface area contributed by atoms with Gasteiger partial charge in [0.05, 0.1) is 22.1 Å². The molecule has 0 aliphatic heterocycles. The van der Waals surface area contributed by atoms with E-state index in [4.69, 9.17) is 11.6 Å². The summed E-state index contributed by atoms with van der Waals surface area (Å²) in [5.74, 6) is 0. The zero-order chi connectivity index (χ0) is 27.8. The fourth-order valence-corrected chi connectivity index (χ4v) is 6.96. The molecule has 6 aromatic carbocycles. The largest absolute Gasteiger partial charge is 0.309 e. The number of aryl methyl sites for hydroxylation is 1. The molecule has 0 bridgehead atoms. The SMILES string of the molecule is Cc1cc2ccccc2c2c(N(c3ccccc3)c3cccc(N(c4ccccc4)c4ccccc4)c3Cl)csc12. The van der Waals surface area contributed by atoms with E-state index in [1.54, 1.807) is 11.3 Å². The van der Waals surface area contributed by atoms with Crippen molar-refractivity contribution >= 4 is 77.9 Å². The van der Waals surface area contributed by atoms with Gasteiger partial charge in [0.15, 0.2) is 0 Å². The van der Waals surface area contributed by atoms with Gasteiger partial charge >= 0.3 is 0 Å². The van der Waals surface area contributed by atoms with Gasteiger partial charge in [-0.05, 0) is 77.9 Å². The molecular weight excluding hydrogens is 540 g/mol. The van der Waals surface area contributed by atoms with Gasteiger partial charge in [-0.2, -0.15) is 0 Å². The Balaban J connectivity index is 1.50. The second kappa shape index (κ2) is 10.8. The molecule has 0 fully saturated rings. The molecule has 0 saturated carbocycles. The highest BCUT2D eigenvalue weighted by atomic mass is 35.5. The van der Waals surface area contributed by atoms with Gasteiger partial charge in [-0.1, -0.05) is 96.5 Å². The molecule has 1 heterocycles. The summed E-state index contributed by atoms with van der Waals surface area (Å²) in [6, 6.07) is 48.6. The minimum absolute atomic E-state index is 0.681. The Bertz CT molecular complexity index is 1930. The van der Waals surface area contributed by atoms with Crippen LogP contribution in [0.4, 0.5) is 34.1 Å². The van der Waals surface area contributed by atoms with Gasteiger partial charge in [0.1, 0.15) is 0 Å². The third-order valence-corrected chi connectivity index (χ3v) is 8.95. The fourth-order valence-electron chi connectivity index (χ4n) is 5.63. The standard InChI is InChI=1S/C37H27ClN2S/c1-26-24-27-14-11-12-21-31(27)35-34(25-41-37(26)35)40(30-19-9-4-10-20-30)33-23-13-22-32(36(33)38)39(28-15-5-2-6-16-28)29-17-7-3-8-18-29/h2-25H,1H3. The second-order valence-electron chi connectivity index (χ2n) is 10.0. The molecule has 0 radical (unpaired) electrons. The summed E-state index contributed by atoms with van der Waals surface area (Å²) in [6.07, 6.45) is 0. The lowest BCUT2D eigenvalue weighted by atomic mass is 10.0. The molecule has 0 spiro atoms. The van der Waals surface area contributed by atoms with E-state index in [2.05, 4.69) is 149 Å². The van der Waals surface area contributed by atoms with Crippen LogP contribution in [0.3, 0.4) is 0 Å². The molecule has 7 rings (SSSR count). The van der Waals surface area contributed by atoms with Crippen LogP contribution in [0.1, 0.15) is 5.56 Å². The van der Waals surface area contributed by atoms with E-state index in [1.807, 2.05) is 12.1 Å². The molecule has 0 atom stereocenters. The number of nitrogens with zero attached hydrogens (tertiary/aromatic N) is 2. The van der Waals surface area contributed by atoms with E-state index >= 15 is 0 Å². The van der Waals surface area contributed by atoms with Crippen molar-refractivity contribution < 1.29 is 0 Å². The summed E-state index contributed by atoms with van der Waals surface area (Å²) in [5.41, 5.74) is 7.41. The van der Waals surface area contributed by atoms with Crippen molar-refractivity contribution in [1.29, 1.82) is 0 Å². The van der Waals surface area contributed by atoms with Crippen LogP contribution in [0.2, 0.25) is 5.02 Å². The minimum Gasteiger partial charge on any atom is -0.309 e. The summed E-state index contributed by atoms with van der Waals surface area (Å²) in [4.78, 5) is 4.53. The van der Waals surface area contributed by atoms with Crippen LogP contribution in [0.5, 0.6) is 0 Å². The molecule has 0 aliphatic carbocycles. The number of fused-ring (bicyclic) bond motifs is 3. The van der Waals surface area contributed by atoms with Gasteiger partial charge in [0, 0.05) is 32.5 Å². The Labute approximate surface area is 249 Å². The normalized spacial score (nSPS) is 11.2. The van der Waals surface area contributed by atoms with Crippen LogP contribution >= 0.6 is 22.9 Å². The van der Waals surface area contributed by atoms with Crippen LogP contribution < -0.4 is 9.80 Å². The van der Waals surface area contributed by atoms with Crippen LogP contribution in [0.15, 0.2) is 145 Å². The van der Waals surface area contributed by atoms with Crippen molar-refractivity contribution in [3.8, 4) is 0 Å². The number of halogens is 1. The lowest BCUT2D eigenvalue weighted by molar-refractivity contribution is 1.26. The highest BCUT2D eigenvalue weighted by Crippen LogP contribution is 2.50. The Morgan fingerprint density at radius 3 is 1.66 bits per heavy atom. The second-order valence-corrected chi connectivity index (χ2v) is 11.3. The first-order valence-corrected chi connectivity index (χ1v) is 14.9. The van der Waals surface area contributed by atoms with Gasteiger partial charge < -0.3 is 9.80 Å². The van der Waals surface area contributed by atoms with Crippen molar-refractivity contribution in [3.63, 3.8) is 0 Å². The van der Waals surface area contributed by atoms with E-state index < -0.39 is 0 Å². The van der Waals surface area contributed by atoms with Gasteiger partial charge in [-0.25, -0.2) is 0 Å². The molecule has 4 heteroatoms. The van der Waals surface area contributed by atoms with Crippen molar-refractivity contribution in [2.75, 3.05) is 9.80 Å². The minimum atomic E-state index is 0.681. The summed E-state index contributed by atoms with van der Waals surface area (Å²) in [5, 5.41) is 6.68. The zero-order valence-electron chi connectivity index (χ0n) is 22.5. The van der Waals surface area contributed by atoms with Crippen molar-refractivity contribution in [2.24, 2.45) is 0 Å². The predicted octanol–water partition coefficient (Wildman–Crippen LogP) is 12.0. The molecule has 198 valence electrons. The lowest BCUT2D eigenvalue weighted by Gasteiger charge is -2.30. The Morgan fingerprint density at radius 1 is 0.537 bits per heavy atom. The Hall–Kier alpha value is -4.57. The highest BCUT2D eigenvalue weighted by Gasteiger charge is 2.24. The summed E-state index contributed by atoms with van der Waals surface area (Å²) in [7, 11) is 0. The number of para-hydroxylation sites is 3. The monoisotopic (exact) mass is 566 g/mol. The van der Waals surface area contributed by atoms with E-state index in [0.29, 0.717) is 5.02 Å². The quantitative estimate of drug-likeness (QED) is 0.197. The first-order chi connectivity index (χ1) is 20.2. The van der Waals surface area contributed by atoms with Gasteiger partial charge in [-0.15, -0.1) is 11.3 Å². The lowest BCUT2D eigenvalue weighted by Crippen LogP contribution is -2.14. The number of hydrogen-bond donors (Lipinski definition) is 0. The van der Waals surface area contributed by atoms with Crippen molar-refractivity contribution in [1.82, 2.24) is 0 Å². The van der Waals surface area contributed by atoms with Crippen molar-refractivity contribution in [3.05, 3.63) is 155 Å². The van der Waals surface area contributed by atoms with Gasteiger partial charge in [0.2, 0.25) is 0 Å². The highest BCUT2D eigenvalue weighted by molar-refractivity contribution is 7.18. The molecule has 2 nitrogen and oxygen atoms in total. The topological polar surface area (TPSA) is 6.48 Å². The third-order valence-electron chi connectivity index (χ3n) is 7.46. The predicted molar refractivity (Wildman–Crippen MR) is 178 cm³/mol. The molecule has 0 amide bonds. The molecule has 41 heavy (non-hydrogen) atoms. The van der Waals surface area contributed by atoms with Gasteiger partial charge in [0.25, 0.3) is 0 Å². The fraction of sp³-hybridized carbons (Fsp3) is 0.0270. The van der Waals surface area contributed by atoms with Crippen LogP contribution in [0.25, 0.3) is 20.9 Å². The molecule has 7 aromatic rings. The Morgan fingerprint density at radius 2 is 1.05 bits per heavy atom. The number of thiophene rings is 1. The summed E-state index contributed by atoms with van der Waals surface area (Å²) < 4.78 is 1.29. The maximum absolute atomic E-state index is 7.49. The summed E-state index contributed by atoms with van der Waals surface area (Å²) >= 11 is 9.27. The maximum Gasteiger partial charge on any atom is 0.0887 e. The molecule has 0 N–H and O–H groups in total. The zero-order valence-corrected chi connectivity index (χ0v) is 24.1. The van der Waals surface area contributed by atoms with Crippen LogP contribution in [-0.2, 0) is 0 Å². The molecule has 0 unspecified atom stereocenters. The van der Waals surface area contributed by atoms with E-state index in [9.17, 15) is 0 Å². The smallest absolute Gasteiger partial charge is 0.0887 e. The number of anilines is 6. The van der Waals surface area contributed by atoms with Gasteiger partial charge in [-0.3, -0.25) is 0 Å². The molecule has 0 aliphatic rings. The third kappa shape index (κ3) is 4.54. The number of rotatable bonds is 6. The van der Waals surface area contributed by atoms with Crippen molar-refractivity contribution in [2.45, 2.75) is 6.92 Å². The van der Waals surface area contributed by atoms with Crippen LogP contribution in [0, 0.1) is 6.92 Å². The van der Waals surface area contributed by atoms with E-state index in [0.717, 1.165) is 34.1 Å². The molecule has 1 aromatic heterocycles. The average Bonchev–Trinajstić information content (AvgIpc) is 3.47. The molecule has 0 saturated heterocycles. The first kappa shape index (κ1) is 25.4. The number of benzene rings is 6. The number of hydrogen-bond acceptors (Lipinski definition) is 3. The van der Waals surface area contributed by atoms with E-state index in [-0.39, 0.29) is 0 Å². The first-order valence-electron chi connectivity index (χ1n) is 13.6. The average molecular weight is 567 g/mol. The summed E-state index contributed by atoms with van der Waals surface area (Å²) in [6.45, 7) is 2.20. The molecular formula is C37H27ClN2S. The maximum atomic E-state index is 7.49. The Kier molecular flexibility index (Phi) is 6.68. The van der Waals surface area contributed by atoms with E-state index in [1.165, 1.54) is 26.4 Å².